The summed E-state index contributed by atoms with van der Waals surface area (Å²) < 4.78 is 1.05. The van der Waals surface area contributed by atoms with E-state index in [4.69, 9.17) is 0 Å². The highest BCUT2D eigenvalue weighted by molar-refractivity contribution is 5.85. The van der Waals surface area contributed by atoms with Gasteiger partial charge in [-0.25, -0.2) is 4.74 Å². The van der Waals surface area contributed by atoms with Crippen LogP contribution in [-0.2, 0) is 0 Å². The zero-order valence-corrected chi connectivity index (χ0v) is 13.2. The minimum atomic E-state index is 0. The van der Waals surface area contributed by atoms with E-state index in [1.165, 1.54) is 0 Å². The Balaban J connectivity index is 0.00000324. The lowest BCUT2D eigenvalue weighted by atomic mass is 10.0. The summed E-state index contributed by atoms with van der Waals surface area (Å²) in [6.07, 6.45) is 1.72. The van der Waals surface area contributed by atoms with Crippen LogP contribution < -0.4 is 0 Å². The molecule has 0 fully saturated rings. The molecule has 0 bridgehead atoms. The van der Waals surface area contributed by atoms with Crippen LogP contribution in [0.1, 0.15) is 30.5 Å². The molecule has 0 atom stereocenters. The van der Waals surface area contributed by atoms with Gasteiger partial charge in [0.15, 0.2) is 12.8 Å². The molecule has 108 valence electrons. The van der Waals surface area contributed by atoms with Crippen molar-refractivity contribution in [1.82, 2.24) is 4.90 Å². The highest BCUT2D eigenvalue weighted by atomic mass is 35.5. The van der Waals surface area contributed by atoms with Crippen LogP contribution in [0.5, 0.6) is 0 Å². The molecular formula is C15H25ClN2O. The molecule has 0 saturated heterocycles. The fraction of sp³-hybridized carbons (Fsp3) is 0.533. The van der Waals surface area contributed by atoms with E-state index in [2.05, 4.69) is 18.7 Å². The van der Waals surface area contributed by atoms with Gasteiger partial charge in [-0.1, -0.05) is 32.0 Å². The van der Waals surface area contributed by atoms with Gasteiger partial charge in [0.1, 0.15) is 0 Å². The number of benzene rings is 1. The van der Waals surface area contributed by atoms with Gasteiger partial charge in [-0.05, 0) is 38.1 Å². The Kier molecular flexibility index (Phi) is 8.44. The Labute approximate surface area is 122 Å². The molecule has 3 nitrogen and oxygen atoms in total. The monoisotopic (exact) mass is 284 g/mol. The van der Waals surface area contributed by atoms with Gasteiger partial charge in [0.25, 0.3) is 0 Å². The van der Waals surface area contributed by atoms with Crippen LogP contribution in [0.25, 0.3) is 0 Å². The van der Waals surface area contributed by atoms with E-state index in [1.807, 2.05) is 32.0 Å². The summed E-state index contributed by atoms with van der Waals surface area (Å²) in [4.78, 5) is 2.25. The molecule has 1 rings (SSSR count). The summed E-state index contributed by atoms with van der Waals surface area (Å²) in [5, 5.41) is 11.9. The van der Waals surface area contributed by atoms with Crippen LogP contribution in [0.15, 0.2) is 18.2 Å². The molecule has 0 heterocycles. The molecule has 4 heteroatoms. The fourth-order valence-electron chi connectivity index (χ4n) is 2.02. The van der Waals surface area contributed by atoms with Crippen molar-refractivity contribution in [2.75, 3.05) is 26.2 Å². The van der Waals surface area contributed by atoms with Gasteiger partial charge >= 0.3 is 0 Å². The second-order valence-corrected chi connectivity index (χ2v) is 4.60. The van der Waals surface area contributed by atoms with Crippen molar-refractivity contribution in [3.8, 4) is 0 Å². The van der Waals surface area contributed by atoms with E-state index in [0.717, 1.165) is 41.1 Å². The first kappa shape index (κ1) is 17.9. The van der Waals surface area contributed by atoms with Gasteiger partial charge in [-0.2, -0.15) is 0 Å². The van der Waals surface area contributed by atoms with Crippen LogP contribution in [0, 0.1) is 19.1 Å². The molecule has 0 radical (unpaired) electrons. The molecule has 0 N–H and O–H groups in total. The Morgan fingerprint density at radius 3 is 2.16 bits per heavy atom. The first-order valence-corrected chi connectivity index (χ1v) is 6.65. The van der Waals surface area contributed by atoms with Crippen molar-refractivity contribution >= 4 is 18.6 Å². The molecule has 1 aromatic carbocycles. The van der Waals surface area contributed by atoms with Crippen LogP contribution >= 0.6 is 12.4 Å². The minimum Gasteiger partial charge on any atom is -0.624 e. The molecule has 0 saturated carbocycles. The number of nitrogens with zero attached hydrogens (tertiary/aromatic N) is 2. The number of likely N-dealkylation sites (N-methyl/N-ethyl adjacent to an activating group) is 1. The van der Waals surface area contributed by atoms with Gasteiger partial charge < -0.3 is 5.21 Å². The van der Waals surface area contributed by atoms with Crippen molar-refractivity contribution < 1.29 is 4.74 Å². The minimum absolute atomic E-state index is 0. The Morgan fingerprint density at radius 2 is 1.68 bits per heavy atom. The number of hydrogen-bond acceptors (Lipinski definition) is 2. The summed E-state index contributed by atoms with van der Waals surface area (Å²) in [7, 11) is 0. The number of hydrogen-bond donors (Lipinski definition) is 0. The van der Waals surface area contributed by atoms with Gasteiger partial charge in [0, 0.05) is 5.56 Å². The van der Waals surface area contributed by atoms with Crippen LogP contribution in [0.3, 0.4) is 0 Å². The number of halogens is 1. The van der Waals surface area contributed by atoms with E-state index in [-0.39, 0.29) is 12.4 Å². The second kappa shape index (κ2) is 8.94. The first-order chi connectivity index (χ1) is 8.58. The zero-order chi connectivity index (χ0) is 13.5. The molecule has 0 aliphatic heterocycles. The van der Waals surface area contributed by atoms with E-state index >= 15 is 0 Å². The molecule has 19 heavy (non-hydrogen) atoms. The lowest BCUT2D eigenvalue weighted by Crippen LogP contribution is -2.29. The number of rotatable bonds is 6. The van der Waals surface area contributed by atoms with E-state index in [0.29, 0.717) is 6.54 Å². The molecule has 0 aliphatic carbocycles. The highest BCUT2D eigenvalue weighted by Gasteiger charge is 2.05. The number of aryl methyl sites for hydroxylation is 2. The predicted octanol–water partition coefficient (Wildman–Crippen LogP) is 3.00. The topological polar surface area (TPSA) is 29.3 Å². The Hall–Kier alpha value is -1.06. The first-order valence-electron chi connectivity index (χ1n) is 6.65. The maximum Gasteiger partial charge on any atom is 0.182 e. The third kappa shape index (κ3) is 5.62. The molecule has 0 aliphatic rings. The van der Waals surface area contributed by atoms with E-state index in [9.17, 15) is 5.21 Å². The zero-order valence-electron chi connectivity index (χ0n) is 12.3. The highest BCUT2D eigenvalue weighted by Crippen LogP contribution is 2.10. The summed E-state index contributed by atoms with van der Waals surface area (Å²) >= 11 is 0. The normalized spacial score (nSPS) is 11.5. The Bertz CT molecular complexity index is 394. The molecule has 0 spiro atoms. The SMILES string of the molecule is CCN(CC)CC/[N+]([O-])=C/c1c(C)cccc1C.Cl. The fourth-order valence-corrected chi connectivity index (χ4v) is 2.02. The largest absolute Gasteiger partial charge is 0.624 e. The molecule has 0 amide bonds. The summed E-state index contributed by atoms with van der Waals surface area (Å²) in [6, 6.07) is 6.10. The van der Waals surface area contributed by atoms with Crippen molar-refractivity contribution in [1.29, 1.82) is 0 Å². The van der Waals surface area contributed by atoms with Crippen molar-refractivity contribution in [2.24, 2.45) is 0 Å². The van der Waals surface area contributed by atoms with Crippen molar-refractivity contribution in [3.63, 3.8) is 0 Å². The standard InChI is InChI=1S/C15H24N2O.ClH/c1-5-16(6-2)10-11-17(18)12-15-13(3)8-7-9-14(15)4;/h7-9,12H,5-6,10-11H2,1-4H3;1H/b17-12-;. The third-order valence-corrected chi connectivity index (χ3v) is 3.35. The quantitative estimate of drug-likeness (QED) is 0.348. The third-order valence-electron chi connectivity index (χ3n) is 3.35. The van der Waals surface area contributed by atoms with Crippen LogP contribution in [0.2, 0.25) is 0 Å². The lowest BCUT2D eigenvalue weighted by molar-refractivity contribution is -0.452. The van der Waals surface area contributed by atoms with E-state index in [1.54, 1.807) is 6.21 Å². The van der Waals surface area contributed by atoms with Gasteiger partial charge in [-0.15, -0.1) is 12.4 Å². The van der Waals surface area contributed by atoms with Gasteiger partial charge in [0.05, 0.1) is 6.54 Å². The molecular weight excluding hydrogens is 260 g/mol. The van der Waals surface area contributed by atoms with Crippen molar-refractivity contribution in [3.05, 3.63) is 40.1 Å². The summed E-state index contributed by atoms with van der Waals surface area (Å²) in [5.41, 5.74) is 3.35. The van der Waals surface area contributed by atoms with Crippen molar-refractivity contribution in [2.45, 2.75) is 27.7 Å². The maximum absolute atomic E-state index is 11.9. The Morgan fingerprint density at radius 1 is 1.16 bits per heavy atom. The average Bonchev–Trinajstić information content (AvgIpc) is 2.35. The smallest absolute Gasteiger partial charge is 0.182 e. The maximum atomic E-state index is 11.9. The predicted molar refractivity (Wildman–Crippen MR) is 84.6 cm³/mol. The van der Waals surface area contributed by atoms with Crippen LogP contribution in [-0.4, -0.2) is 42.0 Å². The summed E-state index contributed by atoms with van der Waals surface area (Å²) in [5.74, 6) is 0. The van der Waals surface area contributed by atoms with Gasteiger partial charge in [0.2, 0.25) is 0 Å². The van der Waals surface area contributed by atoms with E-state index < -0.39 is 0 Å². The second-order valence-electron chi connectivity index (χ2n) is 4.60. The molecule has 0 unspecified atom stereocenters. The molecule has 1 aromatic rings. The number of hydroxylamine groups is 1. The average molecular weight is 285 g/mol. The summed E-state index contributed by atoms with van der Waals surface area (Å²) in [6.45, 7) is 11.6. The molecule has 0 aromatic heterocycles. The lowest BCUT2D eigenvalue weighted by Gasteiger charge is -2.17. The van der Waals surface area contributed by atoms with Crippen LogP contribution in [0.4, 0.5) is 0 Å². The van der Waals surface area contributed by atoms with Gasteiger partial charge in [-0.3, -0.25) is 4.90 Å².